The number of esters is 1. The zero-order valence-corrected chi connectivity index (χ0v) is 11.3. The molecule has 0 radical (unpaired) electrons. The Morgan fingerprint density at radius 1 is 1.18 bits per heavy atom. The second-order valence-corrected chi connectivity index (χ2v) is 4.30. The van der Waals surface area contributed by atoms with Gasteiger partial charge in [0.05, 0.1) is 18.4 Å². The Morgan fingerprint density at radius 3 is 2.45 bits per heavy atom. The van der Waals surface area contributed by atoms with E-state index in [1.165, 1.54) is 6.26 Å². The first-order valence-corrected chi connectivity index (χ1v) is 6.18. The quantitative estimate of drug-likeness (QED) is 0.476. The van der Waals surface area contributed by atoms with Gasteiger partial charge in [0.15, 0.2) is 23.9 Å². The lowest BCUT2D eigenvalue weighted by Crippen LogP contribution is -2.28. The maximum absolute atomic E-state index is 11.7. The van der Waals surface area contributed by atoms with Crippen LogP contribution in [0.25, 0.3) is 0 Å². The number of furan rings is 1. The van der Waals surface area contributed by atoms with Gasteiger partial charge in [0.25, 0.3) is 5.91 Å². The van der Waals surface area contributed by atoms with E-state index in [1.807, 2.05) is 0 Å². The predicted molar refractivity (Wildman–Crippen MR) is 72.3 cm³/mol. The monoisotopic (exact) mass is 307 g/mol. The van der Waals surface area contributed by atoms with Crippen molar-refractivity contribution in [1.82, 2.24) is 5.32 Å². The van der Waals surface area contributed by atoms with Gasteiger partial charge in [-0.05, 0) is 24.3 Å². The standard InChI is InChI=1S/C14H13NO7/c16-10-4-8(5-11(17)13(10)19)14(20)22-7-12(18)15-6-9-2-1-3-21-9/h1-5,16-17,19H,6-7H2,(H,15,18). The molecule has 0 saturated heterocycles. The van der Waals surface area contributed by atoms with Gasteiger partial charge in [-0.25, -0.2) is 4.79 Å². The summed E-state index contributed by atoms with van der Waals surface area (Å²) in [5.74, 6) is -3.01. The van der Waals surface area contributed by atoms with E-state index in [0.717, 1.165) is 12.1 Å². The largest absolute Gasteiger partial charge is 0.504 e. The molecule has 1 aromatic heterocycles. The third kappa shape index (κ3) is 3.69. The summed E-state index contributed by atoms with van der Waals surface area (Å²) >= 11 is 0. The van der Waals surface area contributed by atoms with Crippen molar-refractivity contribution in [2.24, 2.45) is 0 Å². The van der Waals surface area contributed by atoms with Crippen LogP contribution in [0.15, 0.2) is 34.9 Å². The summed E-state index contributed by atoms with van der Waals surface area (Å²) in [6.45, 7) is -0.383. The molecule has 0 bridgehead atoms. The summed E-state index contributed by atoms with van der Waals surface area (Å²) in [6, 6.07) is 5.18. The molecule has 8 nitrogen and oxygen atoms in total. The van der Waals surface area contributed by atoms with Gasteiger partial charge in [0, 0.05) is 0 Å². The number of aromatic hydroxyl groups is 3. The number of hydrogen-bond acceptors (Lipinski definition) is 7. The van der Waals surface area contributed by atoms with Gasteiger partial charge in [-0.15, -0.1) is 0 Å². The molecule has 22 heavy (non-hydrogen) atoms. The van der Waals surface area contributed by atoms with E-state index >= 15 is 0 Å². The molecule has 2 aromatic rings. The number of nitrogens with one attached hydrogen (secondary N) is 1. The Morgan fingerprint density at radius 2 is 1.86 bits per heavy atom. The number of hydrogen-bond donors (Lipinski definition) is 4. The number of rotatable bonds is 5. The Labute approximate surface area is 124 Å². The lowest BCUT2D eigenvalue weighted by atomic mass is 10.2. The van der Waals surface area contributed by atoms with Crippen molar-refractivity contribution in [2.45, 2.75) is 6.54 Å². The van der Waals surface area contributed by atoms with Gasteiger partial charge in [0.2, 0.25) is 0 Å². The number of ether oxygens (including phenoxy) is 1. The number of carbonyl (C=O) groups is 2. The van der Waals surface area contributed by atoms with Crippen molar-refractivity contribution in [2.75, 3.05) is 6.61 Å². The highest BCUT2D eigenvalue weighted by Crippen LogP contribution is 2.35. The third-order valence-electron chi connectivity index (χ3n) is 2.68. The topological polar surface area (TPSA) is 129 Å². The zero-order chi connectivity index (χ0) is 16.1. The Bertz CT molecular complexity index is 655. The summed E-state index contributed by atoms with van der Waals surface area (Å²) in [5, 5.41) is 30.2. The van der Waals surface area contributed by atoms with Crippen LogP contribution in [0.5, 0.6) is 17.2 Å². The molecule has 0 aliphatic rings. The predicted octanol–water partition coefficient (Wildman–Crippen LogP) is 0.870. The van der Waals surface area contributed by atoms with Crippen LogP contribution in [-0.4, -0.2) is 33.8 Å². The fourth-order valence-electron chi connectivity index (χ4n) is 1.59. The fraction of sp³-hybridized carbons (Fsp3) is 0.143. The average Bonchev–Trinajstić information content (AvgIpc) is 3.01. The van der Waals surface area contributed by atoms with E-state index < -0.39 is 35.7 Å². The van der Waals surface area contributed by atoms with E-state index in [9.17, 15) is 19.8 Å². The van der Waals surface area contributed by atoms with E-state index in [4.69, 9.17) is 14.3 Å². The van der Waals surface area contributed by atoms with Crippen LogP contribution in [0.2, 0.25) is 0 Å². The molecule has 0 unspecified atom stereocenters. The second-order valence-electron chi connectivity index (χ2n) is 4.30. The third-order valence-corrected chi connectivity index (χ3v) is 2.68. The van der Waals surface area contributed by atoms with Crippen molar-refractivity contribution in [3.63, 3.8) is 0 Å². The molecule has 116 valence electrons. The van der Waals surface area contributed by atoms with Crippen LogP contribution in [0.1, 0.15) is 16.1 Å². The summed E-state index contributed by atoms with van der Waals surface area (Å²) in [5.41, 5.74) is -0.202. The van der Waals surface area contributed by atoms with Crippen molar-refractivity contribution >= 4 is 11.9 Å². The lowest BCUT2D eigenvalue weighted by molar-refractivity contribution is -0.124. The summed E-state index contributed by atoms with van der Waals surface area (Å²) in [4.78, 5) is 23.2. The SMILES string of the molecule is O=C(COC(=O)c1cc(O)c(O)c(O)c1)NCc1ccco1. The van der Waals surface area contributed by atoms with Crippen LogP contribution < -0.4 is 5.32 Å². The highest BCUT2D eigenvalue weighted by molar-refractivity contribution is 5.92. The van der Waals surface area contributed by atoms with Gasteiger partial charge < -0.3 is 29.8 Å². The first-order valence-electron chi connectivity index (χ1n) is 6.18. The second kappa shape index (κ2) is 6.53. The fourth-order valence-corrected chi connectivity index (χ4v) is 1.59. The molecule has 0 saturated carbocycles. The van der Waals surface area contributed by atoms with Gasteiger partial charge in [-0.2, -0.15) is 0 Å². The smallest absolute Gasteiger partial charge is 0.338 e. The Hall–Kier alpha value is -3.16. The van der Waals surface area contributed by atoms with Crippen molar-refractivity contribution in [3.8, 4) is 17.2 Å². The molecule has 0 spiro atoms. The van der Waals surface area contributed by atoms with Crippen LogP contribution in [0, 0.1) is 0 Å². The van der Waals surface area contributed by atoms with E-state index in [-0.39, 0.29) is 12.1 Å². The minimum atomic E-state index is -0.932. The maximum atomic E-state index is 11.7. The number of carbonyl (C=O) groups excluding carboxylic acids is 2. The molecular formula is C14H13NO7. The molecule has 1 amide bonds. The molecule has 4 N–H and O–H groups in total. The summed E-state index contributed by atoms with van der Waals surface area (Å²) < 4.78 is 9.74. The minimum Gasteiger partial charge on any atom is -0.504 e. The number of amides is 1. The van der Waals surface area contributed by atoms with Crippen molar-refractivity contribution < 1.29 is 34.1 Å². The van der Waals surface area contributed by atoms with Crippen LogP contribution >= 0.6 is 0 Å². The number of phenolic OH excluding ortho intramolecular Hbond substituents is 3. The average molecular weight is 307 g/mol. The Kier molecular flexibility index (Phi) is 4.52. The van der Waals surface area contributed by atoms with Crippen LogP contribution in [0.3, 0.4) is 0 Å². The van der Waals surface area contributed by atoms with Gasteiger partial charge >= 0.3 is 5.97 Å². The molecule has 1 heterocycles. The lowest BCUT2D eigenvalue weighted by Gasteiger charge is -2.07. The molecule has 8 heteroatoms. The molecule has 2 rings (SSSR count). The van der Waals surface area contributed by atoms with Gasteiger partial charge in [-0.1, -0.05) is 0 Å². The molecule has 0 atom stereocenters. The molecule has 0 fully saturated rings. The minimum absolute atomic E-state index is 0.157. The molecule has 1 aromatic carbocycles. The van der Waals surface area contributed by atoms with E-state index in [1.54, 1.807) is 12.1 Å². The normalized spacial score (nSPS) is 10.2. The zero-order valence-electron chi connectivity index (χ0n) is 11.3. The number of benzene rings is 1. The summed E-state index contributed by atoms with van der Waals surface area (Å²) in [7, 11) is 0. The number of phenols is 3. The highest BCUT2D eigenvalue weighted by atomic mass is 16.5. The van der Waals surface area contributed by atoms with Crippen LogP contribution in [0.4, 0.5) is 0 Å². The van der Waals surface area contributed by atoms with Gasteiger partial charge in [-0.3, -0.25) is 4.79 Å². The van der Waals surface area contributed by atoms with E-state index in [2.05, 4.69) is 5.32 Å². The Balaban J connectivity index is 1.86. The van der Waals surface area contributed by atoms with Crippen molar-refractivity contribution in [3.05, 3.63) is 41.9 Å². The summed E-state index contributed by atoms with van der Waals surface area (Å²) in [6.07, 6.45) is 1.46. The first kappa shape index (κ1) is 15.2. The maximum Gasteiger partial charge on any atom is 0.338 e. The van der Waals surface area contributed by atoms with Crippen molar-refractivity contribution in [1.29, 1.82) is 0 Å². The molecule has 0 aliphatic carbocycles. The van der Waals surface area contributed by atoms with Crippen LogP contribution in [-0.2, 0) is 16.1 Å². The van der Waals surface area contributed by atoms with Gasteiger partial charge in [0.1, 0.15) is 5.76 Å². The first-order chi connectivity index (χ1) is 10.5. The van der Waals surface area contributed by atoms with E-state index in [0.29, 0.717) is 5.76 Å². The molecule has 0 aliphatic heterocycles. The highest BCUT2D eigenvalue weighted by Gasteiger charge is 2.15. The molecular weight excluding hydrogens is 294 g/mol.